The molecule has 3 rings (SSSR count). The second-order valence-electron chi connectivity index (χ2n) is 4.97. The zero-order valence-electron chi connectivity index (χ0n) is 11.6. The molecule has 0 unspecified atom stereocenters. The van der Waals surface area contributed by atoms with Crippen molar-refractivity contribution in [2.75, 3.05) is 0 Å². The number of carbonyl (C=O) groups is 1. The van der Waals surface area contributed by atoms with Gasteiger partial charge in [-0.2, -0.15) is 5.10 Å². The van der Waals surface area contributed by atoms with Gasteiger partial charge >= 0.3 is 5.97 Å². The van der Waals surface area contributed by atoms with Gasteiger partial charge in [-0.3, -0.25) is 4.68 Å². The minimum Gasteiger partial charge on any atom is -0.476 e. The molecule has 0 saturated carbocycles. The van der Waals surface area contributed by atoms with E-state index in [2.05, 4.69) is 24.2 Å². The van der Waals surface area contributed by atoms with Gasteiger partial charge < -0.3 is 9.67 Å². The van der Waals surface area contributed by atoms with E-state index in [4.69, 9.17) is 5.11 Å². The molecule has 0 atom stereocenters. The summed E-state index contributed by atoms with van der Waals surface area (Å²) < 4.78 is 3.66. The summed E-state index contributed by atoms with van der Waals surface area (Å²) in [5, 5.41) is 14.2. The highest BCUT2D eigenvalue weighted by molar-refractivity contribution is 5.98. The second kappa shape index (κ2) is 4.23. The first-order chi connectivity index (χ1) is 9.49. The monoisotopic (exact) mass is 269 g/mol. The summed E-state index contributed by atoms with van der Waals surface area (Å²) in [5.74, 6) is -1.01. The Morgan fingerprint density at radius 2 is 2.05 bits per heavy atom. The third-order valence-corrected chi connectivity index (χ3v) is 3.60. The van der Waals surface area contributed by atoms with Crippen molar-refractivity contribution < 1.29 is 9.90 Å². The fourth-order valence-electron chi connectivity index (χ4n) is 2.64. The molecule has 2 aromatic heterocycles. The quantitative estimate of drug-likeness (QED) is 0.778. The molecule has 3 aromatic rings. The molecule has 0 aliphatic rings. The summed E-state index contributed by atoms with van der Waals surface area (Å²) in [7, 11) is 3.75. The van der Waals surface area contributed by atoms with Crippen LogP contribution in [0, 0.1) is 6.92 Å². The van der Waals surface area contributed by atoms with Gasteiger partial charge in [-0.05, 0) is 24.6 Å². The van der Waals surface area contributed by atoms with E-state index >= 15 is 0 Å². The van der Waals surface area contributed by atoms with E-state index in [1.54, 1.807) is 17.8 Å². The lowest BCUT2D eigenvalue weighted by Crippen LogP contribution is -1.99. The van der Waals surface area contributed by atoms with Crippen molar-refractivity contribution in [1.29, 1.82) is 0 Å². The molecule has 20 heavy (non-hydrogen) atoms. The van der Waals surface area contributed by atoms with Crippen LogP contribution < -0.4 is 0 Å². The highest BCUT2D eigenvalue weighted by Gasteiger charge is 2.17. The molecule has 0 spiro atoms. The lowest BCUT2D eigenvalue weighted by Gasteiger charge is -2.02. The maximum atomic E-state index is 11.1. The van der Waals surface area contributed by atoms with Gasteiger partial charge in [0, 0.05) is 36.8 Å². The standard InChI is InChI=1S/C15H15N3O2/c1-9-5-4-6-12-14(9)10(8-17(12)2)13-7-11(15(19)20)16-18(13)3/h4-8H,1-3H3,(H,19,20). The number of carboxylic acids is 1. The number of aromatic carboxylic acids is 1. The van der Waals surface area contributed by atoms with Gasteiger partial charge in [-0.1, -0.05) is 12.1 Å². The lowest BCUT2D eigenvalue weighted by molar-refractivity contribution is 0.0689. The van der Waals surface area contributed by atoms with Gasteiger partial charge in [0.25, 0.3) is 0 Å². The van der Waals surface area contributed by atoms with Crippen LogP contribution in [0.15, 0.2) is 30.5 Å². The predicted octanol–water partition coefficient (Wildman–Crippen LogP) is 2.59. The zero-order valence-corrected chi connectivity index (χ0v) is 11.6. The number of aryl methyl sites for hydroxylation is 3. The van der Waals surface area contributed by atoms with E-state index in [1.165, 1.54) is 0 Å². The smallest absolute Gasteiger partial charge is 0.356 e. The van der Waals surface area contributed by atoms with Crippen LogP contribution in [-0.2, 0) is 14.1 Å². The summed E-state index contributed by atoms with van der Waals surface area (Å²) in [6.07, 6.45) is 2.01. The average molecular weight is 269 g/mol. The molecule has 1 N–H and O–H groups in total. The predicted molar refractivity (Wildman–Crippen MR) is 76.8 cm³/mol. The largest absolute Gasteiger partial charge is 0.476 e. The Morgan fingerprint density at radius 3 is 2.70 bits per heavy atom. The number of fused-ring (bicyclic) bond motifs is 1. The lowest BCUT2D eigenvalue weighted by atomic mass is 10.1. The number of aromatic nitrogens is 3. The Kier molecular flexibility index (Phi) is 2.64. The Hall–Kier alpha value is -2.56. The van der Waals surface area contributed by atoms with E-state index in [0.717, 1.165) is 27.7 Å². The van der Waals surface area contributed by atoms with E-state index in [0.29, 0.717) is 0 Å². The molecule has 0 saturated heterocycles. The third-order valence-electron chi connectivity index (χ3n) is 3.60. The number of hydrogen-bond acceptors (Lipinski definition) is 2. The second-order valence-corrected chi connectivity index (χ2v) is 4.97. The molecule has 0 amide bonds. The van der Waals surface area contributed by atoms with Gasteiger partial charge in [0.05, 0.1) is 5.69 Å². The zero-order chi connectivity index (χ0) is 14.4. The van der Waals surface area contributed by atoms with Crippen molar-refractivity contribution in [2.45, 2.75) is 6.92 Å². The SMILES string of the molecule is Cc1cccc2c1c(-c1cc(C(=O)O)nn1C)cn2C. The Morgan fingerprint density at radius 1 is 1.30 bits per heavy atom. The first-order valence-corrected chi connectivity index (χ1v) is 6.31. The first kappa shape index (κ1) is 12.5. The van der Waals surface area contributed by atoms with Crippen LogP contribution in [-0.4, -0.2) is 25.4 Å². The van der Waals surface area contributed by atoms with Gasteiger partial charge in [0.1, 0.15) is 0 Å². The molecule has 0 aliphatic carbocycles. The Balaban J connectivity index is 2.33. The highest BCUT2D eigenvalue weighted by Crippen LogP contribution is 2.32. The highest BCUT2D eigenvalue weighted by atomic mass is 16.4. The van der Waals surface area contributed by atoms with Gasteiger partial charge in [0.2, 0.25) is 0 Å². The molecule has 2 heterocycles. The molecule has 102 valence electrons. The summed E-state index contributed by atoms with van der Waals surface area (Å²) in [6.45, 7) is 2.06. The third kappa shape index (κ3) is 1.71. The average Bonchev–Trinajstić information content (AvgIpc) is 2.92. The van der Waals surface area contributed by atoms with Gasteiger partial charge in [-0.15, -0.1) is 0 Å². The van der Waals surface area contributed by atoms with Crippen LogP contribution >= 0.6 is 0 Å². The summed E-state index contributed by atoms with van der Waals surface area (Å²) in [6, 6.07) is 7.75. The van der Waals surface area contributed by atoms with E-state index in [9.17, 15) is 4.79 Å². The Bertz CT molecular complexity index is 827. The van der Waals surface area contributed by atoms with Crippen LogP contribution in [0.2, 0.25) is 0 Å². The first-order valence-electron chi connectivity index (χ1n) is 6.31. The molecule has 1 aromatic carbocycles. The van der Waals surface area contributed by atoms with Crippen LogP contribution in [0.4, 0.5) is 0 Å². The molecule has 0 radical (unpaired) electrons. The van der Waals surface area contributed by atoms with Crippen molar-refractivity contribution in [3.05, 3.63) is 41.7 Å². The fraction of sp³-hybridized carbons (Fsp3) is 0.200. The number of carboxylic acid groups (broad SMARTS) is 1. The van der Waals surface area contributed by atoms with Gasteiger partial charge in [-0.25, -0.2) is 4.79 Å². The van der Waals surface area contributed by atoms with Crippen LogP contribution in [0.1, 0.15) is 16.1 Å². The van der Waals surface area contributed by atoms with Crippen LogP contribution in [0.3, 0.4) is 0 Å². The molecular weight excluding hydrogens is 254 g/mol. The van der Waals surface area contributed by atoms with Gasteiger partial charge in [0.15, 0.2) is 5.69 Å². The Labute approximate surface area is 116 Å². The summed E-state index contributed by atoms with van der Waals surface area (Å²) in [4.78, 5) is 11.1. The minimum absolute atomic E-state index is 0.0630. The van der Waals surface area contributed by atoms with Crippen molar-refractivity contribution in [1.82, 2.24) is 14.3 Å². The van der Waals surface area contributed by atoms with Crippen LogP contribution in [0.25, 0.3) is 22.2 Å². The van der Waals surface area contributed by atoms with Crippen molar-refractivity contribution in [3.63, 3.8) is 0 Å². The maximum Gasteiger partial charge on any atom is 0.356 e. The van der Waals surface area contributed by atoms with Crippen molar-refractivity contribution in [2.24, 2.45) is 14.1 Å². The van der Waals surface area contributed by atoms with E-state index < -0.39 is 5.97 Å². The molecule has 0 fully saturated rings. The van der Waals surface area contributed by atoms with Crippen molar-refractivity contribution >= 4 is 16.9 Å². The van der Waals surface area contributed by atoms with E-state index in [1.807, 2.05) is 23.9 Å². The van der Waals surface area contributed by atoms with Crippen molar-refractivity contribution in [3.8, 4) is 11.3 Å². The number of rotatable bonds is 2. The number of nitrogens with zero attached hydrogens (tertiary/aromatic N) is 3. The maximum absolute atomic E-state index is 11.1. The van der Waals surface area contributed by atoms with E-state index in [-0.39, 0.29) is 5.69 Å². The topological polar surface area (TPSA) is 60.0 Å². The minimum atomic E-state index is -1.01. The summed E-state index contributed by atoms with van der Waals surface area (Å²) in [5.41, 5.74) is 4.16. The number of benzene rings is 1. The molecular formula is C15H15N3O2. The number of hydrogen-bond donors (Lipinski definition) is 1. The molecule has 5 nitrogen and oxygen atoms in total. The normalized spacial score (nSPS) is 11.2. The molecule has 0 bridgehead atoms. The molecule has 5 heteroatoms. The van der Waals surface area contributed by atoms with Crippen LogP contribution in [0.5, 0.6) is 0 Å². The fourth-order valence-corrected chi connectivity index (χ4v) is 2.64. The molecule has 0 aliphatic heterocycles. The summed E-state index contributed by atoms with van der Waals surface area (Å²) >= 11 is 0.